The highest BCUT2D eigenvalue weighted by molar-refractivity contribution is 5.80. The lowest BCUT2D eigenvalue weighted by atomic mass is 9.94. The van der Waals surface area contributed by atoms with Gasteiger partial charge in [-0.3, -0.25) is 10.2 Å². The lowest BCUT2D eigenvalue weighted by molar-refractivity contribution is -0.125. The Balaban J connectivity index is 1.66. The molecule has 6 nitrogen and oxygen atoms in total. The summed E-state index contributed by atoms with van der Waals surface area (Å²) in [6.45, 7) is 1.04. The van der Waals surface area contributed by atoms with Crippen molar-refractivity contribution < 1.29 is 14.3 Å². The third-order valence-electron chi connectivity index (χ3n) is 4.37. The molecule has 0 aromatic heterocycles. The molecule has 2 unspecified atom stereocenters. The molecule has 0 aliphatic carbocycles. The summed E-state index contributed by atoms with van der Waals surface area (Å²) < 4.78 is 10.5. The number of rotatable bonds is 6. The number of amides is 1. The summed E-state index contributed by atoms with van der Waals surface area (Å²) >= 11 is 0. The van der Waals surface area contributed by atoms with Crippen LogP contribution in [-0.4, -0.2) is 26.7 Å². The predicted molar refractivity (Wildman–Crippen MR) is 95.2 cm³/mol. The number of hydrogen-bond acceptors (Lipinski definition) is 5. The number of hydrazine groups is 1. The summed E-state index contributed by atoms with van der Waals surface area (Å²) in [5.74, 6) is 1.37. The predicted octanol–water partition coefficient (Wildman–Crippen LogP) is 1.79. The minimum absolute atomic E-state index is 0.00754. The Morgan fingerprint density at radius 1 is 1.12 bits per heavy atom. The standard InChI is InChI=1S/C19H23N3O3/c1-24-15-7-3-5-13(9-15)11-20-19(23)17-12-21-22-18(17)14-6-4-8-16(10-14)25-2/h3-10,17-18,21-22H,11-12H2,1-2H3,(H,20,23). The molecule has 2 aromatic carbocycles. The molecule has 1 aliphatic rings. The summed E-state index contributed by atoms with van der Waals surface area (Å²) in [6, 6.07) is 15.4. The first-order chi connectivity index (χ1) is 12.2. The van der Waals surface area contributed by atoms with E-state index in [2.05, 4.69) is 16.2 Å². The smallest absolute Gasteiger partial charge is 0.226 e. The van der Waals surface area contributed by atoms with Gasteiger partial charge in [-0.2, -0.15) is 0 Å². The van der Waals surface area contributed by atoms with Crippen molar-refractivity contribution in [1.82, 2.24) is 16.2 Å². The maximum absolute atomic E-state index is 12.7. The van der Waals surface area contributed by atoms with E-state index in [-0.39, 0.29) is 17.9 Å². The number of carbonyl (C=O) groups excluding carboxylic acids is 1. The van der Waals surface area contributed by atoms with Crippen molar-refractivity contribution >= 4 is 5.91 Å². The van der Waals surface area contributed by atoms with Crippen LogP contribution in [0.1, 0.15) is 17.2 Å². The average Bonchev–Trinajstić information content (AvgIpc) is 3.16. The van der Waals surface area contributed by atoms with Crippen LogP contribution in [0.3, 0.4) is 0 Å². The highest BCUT2D eigenvalue weighted by Crippen LogP contribution is 2.27. The Morgan fingerprint density at radius 3 is 2.60 bits per heavy atom. The van der Waals surface area contributed by atoms with Crippen molar-refractivity contribution in [3.63, 3.8) is 0 Å². The fraction of sp³-hybridized carbons (Fsp3) is 0.316. The molecule has 1 fully saturated rings. The second-order valence-corrected chi connectivity index (χ2v) is 5.96. The van der Waals surface area contributed by atoms with Gasteiger partial charge < -0.3 is 14.8 Å². The molecule has 0 saturated carbocycles. The van der Waals surface area contributed by atoms with Gasteiger partial charge in [0, 0.05) is 13.1 Å². The number of carbonyl (C=O) groups is 1. The highest BCUT2D eigenvalue weighted by Gasteiger charge is 2.33. The number of methoxy groups -OCH3 is 2. The summed E-state index contributed by atoms with van der Waals surface area (Å²) in [5.41, 5.74) is 8.29. The van der Waals surface area contributed by atoms with Crippen molar-refractivity contribution in [2.45, 2.75) is 12.6 Å². The Kier molecular flexibility index (Phi) is 5.53. The highest BCUT2D eigenvalue weighted by atomic mass is 16.5. The first kappa shape index (κ1) is 17.3. The van der Waals surface area contributed by atoms with Gasteiger partial charge in [-0.25, -0.2) is 5.43 Å². The molecule has 132 valence electrons. The lowest BCUT2D eigenvalue weighted by Gasteiger charge is -2.19. The van der Waals surface area contributed by atoms with Crippen molar-refractivity contribution in [1.29, 1.82) is 0 Å². The number of benzene rings is 2. The summed E-state index contributed by atoms with van der Waals surface area (Å²) in [5, 5.41) is 3.01. The van der Waals surface area contributed by atoms with Gasteiger partial charge in [0.15, 0.2) is 0 Å². The Morgan fingerprint density at radius 2 is 1.84 bits per heavy atom. The molecule has 25 heavy (non-hydrogen) atoms. The van der Waals surface area contributed by atoms with Crippen LogP contribution in [0, 0.1) is 5.92 Å². The summed E-state index contributed by atoms with van der Waals surface area (Å²) in [4.78, 5) is 12.7. The first-order valence-electron chi connectivity index (χ1n) is 8.24. The van der Waals surface area contributed by atoms with Gasteiger partial charge in [-0.05, 0) is 35.4 Å². The van der Waals surface area contributed by atoms with E-state index in [9.17, 15) is 4.79 Å². The zero-order valence-electron chi connectivity index (χ0n) is 14.4. The SMILES string of the molecule is COc1cccc(CNC(=O)C2CNNC2c2cccc(OC)c2)c1. The summed E-state index contributed by atoms with van der Waals surface area (Å²) in [7, 11) is 3.27. The molecule has 0 radical (unpaired) electrons. The molecule has 3 rings (SSSR count). The van der Waals surface area contributed by atoms with Gasteiger partial charge in [0.25, 0.3) is 0 Å². The normalized spacial score (nSPS) is 19.4. The topological polar surface area (TPSA) is 71.6 Å². The van der Waals surface area contributed by atoms with Gasteiger partial charge in [0.2, 0.25) is 5.91 Å². The maximum atomic E-state index is 12.7. The van der Waals surface area contributed by atoms with E-state index >= 15 is 0 Å². The largest absolute Gasteiger partial charge is 0.497 e. The molecule has 1 heterocycles. The zero-order chi connectivity index (χ0) is 17.6. The Labute approximate surface area is 147 Å². The van der Waals surface area contributed by atoms with E-state index in [4.69, 9.17) is 9.47 Å². The Hall–Kier alpha value is -2.57. The van der Waals surface area contributed by atoms with Crippen LogP contribution in [0.25, 0.3) is 0 Å². The molecule has 0 spiro atoms. The fourth-order valence-corrected chi connectivity index (χ4v) is 2.99. The molecular formula is C19H23N3O3. The molecule has 2 atom stereocenters. The molecule has 0 bridgehead atoms. The maximum Gasteiger partial charge on any atom is 0.226 e. The van der Waals surface area contributed by atoms with E-state index in [1.54, 1.807) is 14.2 Å². The van der Waals surface area contributed by atoms with Crippen LogP contribution in [-0.2, 0) is 11.3 Å². The van der Waals surface area contributed by atoms with E-state index < -0.39 is 0 Å². The minimum Gasteiger partial charge on any atom is -0.497 e. The Bertz CT molecular complexity index is 735. The first-order valence-corrected chi connectivity index (χ1v) is 8.24. The quantitative estimate of drug-likeness (QED) is 0.747. The van der Waals surface area contributed by atoms with Crippen LogP contribution in [0.15, 0.2) is 48.5 Å². The van der Waals surface area contributed by atoms with E-state index in [0.717, 1.165) is 22.6 Å². The molecule has 6 heteroatoms. The third kappa shape index (κ3) is 4.10. The summed E-state index contributed by atoms with van der Waals surface area (Å²) in [6.07, 6.45) is 0. The van der Waals surface area contributed by atoms with Crippen molar-refractivity contribution in [2.24, 2.45) is 5.92 Å². The monoisotopic (exact) mass is 341 g/mol. The second-order valence-electron chi connectivity index (χ2n) is 5.96. The van der Waals surface area contributed by atoms with Crippen LogP contribution < -0.4 is 25.6 Å². The van der Waals surface area contributed by atoms with Gasteiger partial charge in [0.05, 0.1) is 26.2 Å². The number of ether oxygens (including phenoxy) is 2. The van der Waals surface area contributed by atoms with Gasteiger partial charge in [-0.15, -0.1) is 0 Å². The number of hydrogen-bond donors (Lipinski definition) is 3. The molecule has 3 N–H and O–H groups in total. The second kappa shape index (κ2) is 8.00. The minimum atomic E-state index is -0.197. The average molecular weight is 341 g/mol. The van der Waals surface area contributed by atoms with Crippen molar-refractivity contribution in [2.75, 3.05) is 20.8 Å². The molecule has 1 saturated heterocycles. The van der Waals surface area contributed by atoms with Crippen LogP contribution >= 0.6 is 0 Å². The van der Waals surface area contributed by atoms with E-state index in [0.29, 0.717) is 13.1 Å². The molecule has 1 aliphatic heterocycles. The van der Waals surface area contributed by atoms with Crippen LogP contribution in [0.2, 0.25) is 0 Å². The molecule has 2 aromatic rings. The molecular weight excluding hydrogens is 318 g/mol. The van der Waals surface area contributed by atoms with Crippen LogP contribution in [0.5, 0.6) is 11.5 Å². The fourth-order valence-electron chi connectivity index (χ4n) is 2.99. The van der Waals surface area contributed by atoms with E-state index in [1.807, 2.05) is 48.5 Å². The van der Waals surface area contributed by atoms with Crippen molar-refractivity contribution in [3.05, 3.63) is 59.7 Å². The van der Waals surface area contributed by atoms with Crippen LogP contribution in [0.4, 0.5) is 0 Å². The van der Waals surface area contributed by atoms with Crippen molar-refractivity contribution in [3.8, 4) is 11.5 Å². The van der Waals surface area contributed by atoms with Gasteiger partial charge in [-0.1, -0.05) is 24.3 Å². The zero-order valence-corrected chi connectivity index (χ0v) is 14.4. The molecule has 1 amide bonds. The van der Waals surface area contributed by atoms with Gasteiger partial charge in [0.1, 0.15) is 11.5 Å². The third-order valence-corrected chi connectivity index (χ3v) is 4.37. The lowest BCUT2D eigenvalue weighted by Crippen LogP contribution is -2.34. The van der Waals surface area contributed by atoms with Gasteiger partial charge >= 0.3 is 0 Å². The number of nitrogens with one attached hydrogen (secondary N) is 3. The van der Waals surface area contributed by atoms with E-state index in [1.165, 1.54) is 0 Å².